The third-order valence-corrected chi connectivity index (χ3v) is 7.06. The summed E-state index contributed by atoms with van der Waals surface area (Å²) in [5.74, 6) is 1.21. The van der Waals surface area contributed by atoms with Gasteiger partial charge in [-0.25, -0.2) is 0 Å². The van der Waals surface area contributed by atoms with Gasteiger partial charge in [-0.15, -0.1) is 52.7 Å². The second-order valence-corrected chi connectivity index (χ2v) is 8.97. The fourth-order valence-electron chi connectivity index (χ4n) is 3.15. The average Bonchev–Trinajstić information content (AvgIpc) is 3.65. The van der Waals surface area contributed by atoms with E-state index in [1.165, 1.54) is 0 Å². The molecule has 0 atom stereocenters. The van der Waals surface area contributed by atoms with Crippen LogP contribution in [0, 0.1) is 0 Å². The Morgan fingerprint density at radius 2 is 0.875 bits per heavy atom. The molecule has 6 rings (SSSR count). The molecule has 0 saturated carbocycles. The van der Waals surface area contributed by atoms with Crippen LogP contribution in [0.25, 0.3) is 42.5 Å². The van der Waals surface area contributed by atoms with Gasteiger partial charge >= 0.3 is 0 Å². The molecule has 0 unspecified atom stereocenters. The lowest BCUT2D eigenvalue weighted by Crippen LogP contribution is -1.97. The summed E-state index contributed by atoms with van der Waals surface area (Å²) in [6.45, 7) is 0. The van der Waals surface area contributed by atoms with Gasteiger partial charge in [0, 0.05) is 9.75 Å². The standard InChI is InChI=1S/C22H14N8S2/c1-3-7-15(8-4-1)29-25-21(23-27-29)19-13-11-17(31-19)18-12-14-20(32-18)22-24-28-30(26-22)16-9-5-2-6-10-16/h1-14H. The Bertz CT molecular complexity index is 1370. The molecule has 10 heteroatoms. The largest absolute Gasteiger partial charge is 0.215 e. The minimum atomic E-state index is 0.606. The number of hydrogen-bond acceptors (Lipinski definition) is 8. The fraction of sp³-hybridized carbons (Fsp3) is 0. The Kier molecular flexibility index (Phi) is 4.63. The van der Waals surface area contributed by atoms with Crippen molar-refractivity contribution in [2.24, 2.45) is 0 Å². The number of aromatic nitrogens is 8. The van der Waals surface area contributed by atoms with E-state index in [1.54, 1.807) is 32.3 Å². The van der Waals surface area contributed by atoms with Crippen molar-refractivity contribution in [3.63, 3.8) is 0 Å². The topological polar surface area (TPSA) is 87.2 Å². The summed E-state index contributed by atoms with van der Waals surface area (Å²) in [4.78, 5) is 7.26. The monoisotopic (exact) mass is 454 g/mol. The van der Waals surface area contributed by atoms with Crippen LogP contribution in [-0.4, -0.2) is 40.4 Å². The van der Waals surface area contributed by atoms with Gasteiger partial charge in [0.1, 0.15) is 0 Å². The van der Waals surface area contributed by atoms with E-state index in [0.717, 1.165) is 30.9 Å². The molecule has 0 fully saturated rings. The van der Waals surface area contributed by atoms with Crippen molar-refractivity contribution in [1.82, 2.24) is 40.4 Å². The number of nitrogens with zero attached hydrogens (tertiary/aromatic N) is 8. The van der Waals surface area contributed by atoms with Gasteiger partial charge in [-0.3, -0.25) is 0 Å². The normalized spacial score (nSPS) is 11.1. The minimum absolute atomic E-state index is 0.606. The molecule has 154 valence electrons. The fourth-order valence-corrected chi connectivity index (χ4v) is 5.10. The van der Waals surface area contributed by atoms with E-state index in [1.807, 2.05) is 72.8 Å². The van der Waals surface area contributed by atoms with Crippen molar-refractivity contribution < 1.29 is 0 Å². The summed E-state index contributed by atoms with van der Waals surface area (Å²) < 4.78 is 0. The Morgan fingerprint density at radius 1 is 0.469 bits per heavy atom. The van der Waals surface area contributed by atoms with Crippen LogP contribution in [0.2, 0.25) is 0 Å². The van der Waals surface area contributed by atoms with Crippen molar-refractivity contribution in [3.8, 4) is 42.5 Å². The quantitative estimate of drug-likeness (QED) is 0.373. The van der Waals surface area contributed by atoms with E-state index in [0.29, 0.717) is 11.6 Å². The number of benzene rings is 2. The molecule has 8 nitrogen and oxygen atoms in total. The van der Waals surface area contributed by atoms with Crippen LogP contribution in [-0.2, 0) is 0 Å². The van der Waals surface area contributed by atoms with Crippen molar-refractivity contribution >= 4 is 22.7 Å². The zero-order valence-electron chi connectivity index (χ0n) is 16.5. The van der Waals surface area contributed by atoms with E-state index in [2.05, 4.69) is 43.0 Å². The lowest BCUT2D eigenvalue weighted by atomic mass is 10.3. The third-order valence-electron chi connectivity index (χ3n) is 4.70. The zero-order valence-corrected chi connectivity index (χ0v) is 18.1. The predicted molar refractivity (Wildman–Crippen MR) is 124 cm³/mol. The van der Waals surface area contributed by atoms with Gasteiger partial charge in [0.05, 0.1) is 21.1 Å². The summed E-state index contributed by atoms with van der Waals surface area (Å²) in [5.41, 5.74) is 1.75. The molecule has 0 saturated heterocycles. The van der Waals surface area contributed by atoms with Crippen molar-refractivity contribution in [3.05, 3.63) is 84.9 Å². The summed E-state index contributed by atoms with van der Waals surface area (Å²) in [6.07, 6.45) is 0. The molecular weight excluding hydrogens is 440 g/mol. The number of thiophene rings is 2. The Balaban J connectivity index is 1.24. The van der Waals surface area contributed by atoms with Gasteiger partial charge in [-0.1, -0.05) is 36.4 Å². The molecule has 0 N–H and O–H groups in total. The maximum Gasteiger partial charge on any atom is 0.215 e. The van der Waals surface area contributed by atoms with E-state index >= 15 is 0 Å². The van der Waals surface area contributed by atoms with Gasteiger partial charge in [-0.2, -0.15) is 0 Å². The molecular formula is C22H14N8S2. The maximum absolute atomic E-state index is 4.52. The lowest BCUT2D eigenvalue weighted by Gasteiger charge is -1.95. The number of tetrazole rings is 2. The van der Waals surface area contributed by atoms with Gasteiger partial charge in [0.2, 0.25) is 11.6 Å². The summed E-state index contributed by atoms with van der Waals surface area (Å²) >= 11 is 3.26. The first-order valence-corrected chi connectivity index (χ1v) is 11.4. The van der Waals surface area contributed by atoms with Gasteiger partial charge in [-0.05, 0) is 59.0 Å². The predicted octanol–water partition coefficient (Wildman–Crippen LogP) is 4.76. The van der Waals surface area contributed by atoms with Crippen LogP contribution >= 0.6 is 22.7 Å². The Morgan fingerprint density at radius 3 is 1.31 bits per heavy atom. The molecule has 4 aromatic heterocycles. The number of rotatable bonds is 5. The van der Waals surface area contributed by atoms with E-state index in [4.69, 9.17) is 0 Å². The molecule has 0 aliphatic carbocycles. The molecule has 4 heterocycles. The molecule has 6 aromatic rings. The van der Waals surface area contributed by atoms with Crippen LogP contribution in [0.15, 0.2) is 84.9 Å². The smallest absolute Gasteiger partial charge is 0.131 e. The summed E-state index contributed by atoms with van der Waals surface area (Å²) in [7, 11) is 0. The summed E-state index contributed by atoms with van der Waals surface area (Å²) in [6, 6.07) is 27.7. The van der Waals surface area contributed by atoms with Gasteiger partial charge < -0.3 is 0 Å². The molecule has 0 aliphatic heterocycles. The zero-order chi connectivity index (χ0) is 21.3. The number of hydrogen-bond donors (Lipinski definition) is 0. The van der Waals surface area contributed by atoms with Gasteiger partial charge in [0.25, 0.3) is 0 Å². The van der Waals surface area contributed by atoms with Crippen LogP contribution in [0.5, 0.6) is 0 Å². The Labute approximate surface area is 190 Å². The van der Waals surface area contributed by atoms with Gasteiger partial charge in [0.15, 0.2) is 0 Å². The first kappa shape index (κ1) is 18.7. The molecule has 0 amide bonds. The summed E-state index contributed by atoms with van der Waals surface area (Å²) in [5, 5.41) is 25.8. The highest BCUT2D eigenvalue weighted by molar-refractivity contribution is 7.25. The molecule has 0 radical (unpaired) electrons. The SMILES string of the molecule is c1ccc(-n2nnc(-c3ccc(-c4ccc(-c5nnn(-c6ccccc6)n5)s4)s3)n2)cc1. The number of para-hydroxylation sites is 2. The van der Waals surface area contributed by atoms with Crippen LogP contribution in [0.3, 0.4) is 0 Å². The average molecular weight is 455 g/mol. The molecule has 0 bridgehead atoms. The molecule has 0 spiro atoms. The van der Waals surface area contributed by atoms with E-state index in [9.17, 15) is 0 Å². The highest BCUT2D eigenvalue weighted by atomic mass is 32.1. The molecule has 0 aliphatic rings. The first-order chi connectivity index (χ1) is 15.8. The van der Waals surface area contributed by atoms with Crippen molar-refractivity contribution in [2.75, 3.05) is 0 Å². The second kappa shape index (κ2) is 7.91. The molecule has 32 heavy (non-hydrogen) atoms. The van der Waals surface area contributed by atoms with Crippen molar-refractivity contribution in [2.45, 2.75) is 0 Å². The highest BCUT2D eigenvalue weighted by Crippen LogP contribution is 2.38. The van der Waals surface area contributed by atoms with Crippen LogP contribution < -0.4 is 0 Å². The highest BCUT2D eigenvalue weighted by Gasteiger charge is 2.14. The Hall–Kier alpha value is -4.02. The molecule has 2 aromatic carbocycles. The van der Waals surface area contributed by atoms with E-state index < -0.39 is 0 Å². The van der Waals surface area contributed by atoms with E-state index in [-0.39, 0.29) is 0 Å². The van der Waals surface area contributed by atoms with Crippen LogP contribution in [0.1, 0.15) is 0 Å². The van der Waals surface area contributed by atoms with Crippen LogP contribution in [0.4, 0.5) is 0 Å². The third kappa shape index (κ3) is 3.51. The minimum Gasteiger partial charge on any atom is -0.131 e. The second-order valence-electron chi connectivity index (χ2n) is 6.80. The maximum atomic E-state index is 4.52. The lowest BCUT2D eigenvalue weighted by molar-refractivity contribution is 0.720. The first-order valence-electron chi connectivity index (χ1n) is 9.75. The van der Waals surface area contributed by atoms with Crippen molar-refractivity contribution in [1.29, 1.82) is 0 Å².